The Bertz CT molecular complexity index is 890. The lowest BCUT2D eigenvalue weighted by Gasteiger charge is -2.30. The minimum absolute atomic E-state index is 0.347. The SMILES string of the molecule is CCC(C(=O)Nc1ccc(C)cc1)N(c1ccc(C)c(C)c1)S(C)(=O)=O. The van der Waals surface area contributed by atoms with Crippen molar-refractivity contribution in [1.29, 1.82) is 0 Å². The number of anilines is 2. The van der Waals surface area contributed by atoms with Crippen LogP contribution in [0, 0.1) is 20.8 Å². The Kier molecular flexibility index (Phi) is 6.08. The highest BCUT2D eigenvalue weighted by molar-refractivity contribution is 7.92. The van der Waals surface area contributed by atoms with Gasteiger partial charge in [-0.2, -0.15) is 0 Å². The molecule has 1 atom stereocenters. The molecule has 6 heteroatoms. The third-order valence-corrected chi connectivity index (χ3v) is 5.57. The Labute approximate surface area is 156 Å². The van der Waals surface area contributed by atoms with E-state index >= 15 is 0 Å². The van der Waals surface area contributed by atoms with E-state index in [1.165, 1.54) is 4.31 Å². The average Bonchev–Trinajstić information content (AvgIpc) is 2.56. The Morgan fingerprint density at radius 3 is 2.15 bits per heavy atom. The summed E-state index contributed by atoms with van der Waals surface area (Å²) in [5, 5.41) is 2.82. The van der Waals surface area contributed by atoms with Crippen molar-refractivity contribution in [2.75, 3.05) is 15.9 Å². The number of amides is 1. The molecule has 0 saturated heterocycles. The van der Waals surface area contributed by atoms with Gasteiger partial charge in [0.05, 0.1) is 11.9 Å². The molecule has 2 aromatic carbocycles. The van der Waals surface area contributed by atoms with Gasteiger partial charge in [-0.1, -0.05) is 30.7 Å². The van der Waals surface area contributed by atoms with Crippen LogP contribution in [0.4, 0.5) is 11.4 Å². The van der Waals surface area contributed by atoms with Gasteiger partial charge in [0.25, 0.3) is 0 Å². The van der Waals surface area contributed by atoms with Crippen LogP contribution >= 0.6 is 0 Å². The molecule has 0 aliphatic heterocycles. The Balaban J connectivity index is 2.39. The van der Waals surface area contributed by atoms with Crippen molar-refractivity contribution in [3.63, 3.8) is 0 Å². The van der Waals surface area contributed by atoms with Gasteiger partial charge >= 0.3 is 0 Å². The summed E-state index contributed by atoms with van der Waals surface area (Å²) in [7, 11) is -3.63. The van der Waals surface area contributed by atoms with Crippen molar-refractivity contribution in [2.24, 2.45) is 0 Å². The molecule has 26 heavy (non-hydrogen) atoms. The van der Waals surface area contributed by atoms with Crippen molar-refractivity contribution in [3.05, 3.63) is 59.2 Å². The molecule has 1 unspecified atom stereocenters. The van der Waals surface area contributed by atoms with E-state index in [0.29, 0.717) is 17.8 Å². The van der Waals surface area contributed by atoms with Gasteiger partial charge in [0.15, 0.2) is 0 Å². The summed E-state index contributed by atoms with van der Waals surface area (Å²) >= 11 is 0. The highest BCUT2D eigenvalue weighted by Gasteiger charge is 2.31. The third-order valence-electron chi connectivity index (χ3n) is 4.39. The van der Waals surface area contributed by atoms with Crippen molar-refractivity contribution >= 4 is 27.3 Å². The molecular weight excluding hydrogens is 348 g/mol. The minimum Gasteiger partial charge on any atom is -0.324 e. The number of nitrogens with one attached hydrogen (secondary N) is 1. The quantitative estimate of drug-likeness (QED) is 0.836. The number of sulfonamides is 1. The van der Waals surface area contributed by atoms with E-state index in [9.17, 15) is 13.2 Å². The van der Waals surface area contributed by atoms with E-state index < -0.39 is 16.1 Å². The maximum Gasteiger partial charge on any atom is 0.248 e. The summed E-state index contributed by atoms with van der Waals surface area (Å²) in [6, 6.07) is 12.0. The van der Waals surface area contributed by atoms with Crippen LogP contribution in [0.5, 0.6) is 0 Å². The van der Waals surface area contributed by atoms with Gasteiger partial charge in [-0.3, -0.25) is 9.10 Å². The van der Waals surface area contributed by atoms with Gasteiger partial charge in [0.2, 0.25) is 15.9 Å². The second-order valence-electron chi connectivity index (χ2n) is 6.61. The second kappa shape index (κ2) is 7.91. The number of rotatable bonds is 6. The minimum atomic E-state index is -3.63. The number of hydrogen-bond acceptors (Lipinski definition) is 3. The lowest BCUT2D eigenvalue weighted by molar-refractivity contribution is -0.117. The average molecular weight is 375 g/mol. The first kappa shape index (κ1) is 20.0. The van der Waals surface area contributed by atoms with E-state index in [1.54, 1.807) is 31.2 Å². The predicted octanol–water partition coefficient (Wildman–Crippen LogP) is 3.80. The fourth-order valence-electron chi connectivity index (χ4n) is 2.79. The van der Waals surface area contributed by atoms with Crippen LogP contribution in [0.3, 0.4) is 0 Å². The summed E-state index contributed by atoms with van der Waals surface area (Å²) in [4.78, 5) is 12.8. The van der Waals surface area contributed by atoms with Crippen molar-refractivity contribution < 1.29 is 13.2 Å². The van der Waals surface area contributed by atoms with E-state index in [0.717, 1.165) is 22.9 Å². The number of nitrogens with zero attached hydrogens (tertiary/aromatic N) is 1. The molecule has 140 valence electrons. The highest BCUT2D eigenvalue weighted by Crippen LogP contribution is 2.25. The predicted molar refractivity (Wildman–Crippen MR) is 107 cm³/mol. The normalized spacial score (nSPS) is 12.5. The van der Waals surface area contributed by atoms with Crippen molar-refractivity contribution in [2.45, 2.75) is 40.2 Å². The molecule has 0 aliphatic carbocycles. The Morgan fingerprint density at radius 2 is 1.65 bits per heavy atom. The van der Waals surface area contributed by atoms with Gasteiger partial charge in [0, 0.05) is 5.69 Å². The van der Waals surface area contributed by atoms with E-state index in [4.69, 9.17) is 0 Å². The monoisotopic (exact) mass is 374 g/mol. The number of aryl methyl sites for hydroxylation is 3. The van der Waals surface area contributed by atoms with Gasteiger partial charge in [-0.15, -0.1) is 0 Å². The lowest BCUT2D eigenvalue weighted by Crippen LogP contribution is -2.47. The summed E-state index contributed by atoms with van der Waals surface area (Å²) in [6.45, 7) is 7.65. The molecule has 1 N–H and O–H groups in total. The van der Waals surface area contributed by atoms with Crippen molar-refractivity contribution in [1.82, 2.24) is 0 Å². The first-order valence-electron chi connectivity index (χ1n) is 8.57. The molecule has 0 saturated carbocycles. The Hall–Kier alpha value is -2.34. The zero-order valence-electron chi connectivity index (χ0n) is 15.9. The molecule has 0 bridgehead atoms. The van der Waals surface area contributed by atoms with Gasteiger partial charge < -0.3 is 5.32 Å². The van der Waals surface area contributed by atoms with Crippen LogP contribution in [-0.2, 0) is 14.8 Å². The van der Waals surface area contributed by atoms with Gasteiger partial charge in [-0.05, 0) is 62.6 Å². The molecule has 0 spiro atoms. The zero-order chi connectivity index (χ0) is 19.5. The fraction of sp³-hybridized carbons (Fsp3) is 0.350. The topological polar surface area (TPSA) is 66.5 Å². The first-order valence-corrected chi connectivity index (χ1v) is 10.4. The third kappa shape index (κ3) is 4.64. The summed E-state index contributed by atoms with van der Waals surface area (Å²) in [5.41, 5.74) is 4.28. The number of carbonyl (C=O) groups is 1. The van der Waals surface area contributed by atoms with E-state index in [1.807, 2.05) is 39.0 Å². The van der Waals surface area contributed by atoms with Crippen LogP contribution in [0.2, 0.25) is 0 Å². The smallest absolute Gasteiger partial charge is 0.248 e. The highest BCUT2D eigenvalue weighted by atomic mass is 32.2. The van der Waals surface area contributed by atoms with Crippen LogP contribution in [0.1, 0.15) is 30.0 Å². The molecule has 0 fully saturated rings. The summed E-state index contributed by atoms with van der Waals surface area (Å²) < 4.78 is 26.2. The summed E-state index contributed by atoms with van der Waals surface area (Å²) in [5.74, 6) is -0.347. The molecule has 0 radical (unpaired) electrons. The lowest BCUT2D eigenvalue weighted by atomic mass is 10.1. The molecule has 2 aromatic rings. The molecule has 0 aliphatic rings. The molecule has 0 aromatic heterocycles. The number of benzene rings is 2. The second-order valence-corrected chi connectivity index (χ2v) is 8.47. The molecule has 0 heterocycles. The fourth-order valence-corrected chi connectivity index (χ4v) is 3.99. The summed E-state index contributed by atoms with van der Waals surface area (Å²) in [6.07, 6.45) is 1.49. The maximum absolute atomic E-state index is 12.8. The molecule has 1 amide bonds. The first-order chi connectivity index (χ1) is 12.1. The van der Waals surface area contributed by atoms with Crippen LogP contribution in [-0.4, -0.2) is 26.6 Å². The van der Waals surface area contributed by atoms with Gasteiger partial charge in [0.1, 0.15) is 6.04 Å². The van der Waals surface area contributed by atoms with Crippen LogP contribution in [0.25, 0.3) is 0 Å². The van der Waals surface area contributed by atoms with Crippen LogP contribution < -0.4 is 9.62 Å². The van der Waals surface area contributed by atoms with E-state index in [2.05, 4.69) is 5.32 Å². The number of carbonyl (C=O) groups excluding carboxylic acids is 1. The zero-order valence-corrected chi connectivity index (χ0v) is 16.7. The molecule has 5 nitrogen and oxygen atoms in total. The standard InChI is InChI=1S/C20H26N2O3S/c1-6-19(20(23)21-17-10-7-14(2)8-11-17)22(26(5,24)25)18-12-9-15(3)16(4)13-18/h7-13,19H,6H2,1-5H3,(H,21,23). The maximum atomic E-state index is 12.8. The molecule has 2 rings (SSSR count). The Morgan fingerprint density at radius 1 is 1.04 bits per heavy atom. The molecular formula is C20H26N2O3S. The number of hydrogen-bond donors (Lipinski definition) is 1. The van der Waals surface area contributed by atoms with E-state index in [-0.39, 0.29) is 5.91 Å². The van der Waals surface area contributed by atoms with Crippen LogP contribution in [0.15, 0.2) is 42.5 Å². The van der Waals surface area contributed by atoms with Crippen molar-refractivity contribution in [3.8, 4) is 0 Å². The largest absolute Gasteiger partial charge is 0.324 e. The van der Waals surface area contributed by atoms with Gasteiger partial charge in [-0.25, -0.2) is 8.42 Å².